The van der Waals surface area contributed by atoms with Crippen LogP contribution >= 0.6 is 11.3 Å². The molecule has 0 radical (unpaired) electrons. The van der Waals surface area contributed by atoms with Gasteiger partial charge in [0.05, 0.1) is 11.6 Å². The first-order chi connectivity index (χ1) is 10.2. The zero-order valence-corrected chi connectivity index (χ0v) is 12.9. The molecule has 0 bridgehead atoms. The minimum atomic E-state index is -4.46. The van der Waals surface area contributed by atoms with Gasteiger partial charge in [-0.2, -0.15) is 13.2 Å². The van der Waals surface area contributed by atoms with E-state index in [2.05, 4.69) is 10.3 Å². The molecular formula is C13H16F3N3O2S. The van der Waals surface area contributed by atoms with Crippen LogP contribution in [0.15, 0.2) is 5.38 Å². The quantitative estimate of drug-likeness (QED) is 0.920. The number of nitrogens with zero attached hydrogens (tertiary/aromatic N) is 2. The lowest BCUT2D eigenvalue weighted by Crippen LogP contribution is -2.36. The summed E-state index contributed by atoms with van der Waals surface area (Å²) in [5, 5.41) is 4.79. The fourth-order valence-corrected chi connectivity index (χ4v) is 3.01. The maximum Gasteiger partial charge on any atom is 0.406 e. The van der Waals surface area contributed by atoms with Crippen molar-refractivity contribution in [3.63, 3.8) is 0 Å². The molecule has 0 spiro atoms. The summed E-state index contributed by atoms with van der Waals surface area (Å²) in [7, 11) is 0. The maximum atomic E-state index is 12.3. The summed E-state index contributed by atoms with van der Waals surface area (Å²) in [6, 6.07) is 0. The van der Waals surface area contributed by atoms with Crippen LogP contribution in [0.5, 0.6) is 0 Å². The molecule has 0 unspecified atom stereocenters. The number of hydrogen-bond donors (Lipinski definition) is 1. The number of thiazole rings is 1. The Hall–Kier alpha value is -1.64. The first-order valence-electron chi connectivity index (χ1n) is 6.76. The topological polar surface area (TPSA) is 62.3 Å². The molecule has 1 aromatic heterocycles. The molecule has 0 aromatic carbocycles. The number of carbonyl (C=O) groups is 2. The molecule has 1 N–H and O–H groups in total. The van der Waals surface area contributed by atoms with Crippen LogP contribution in [0.1, 0.15) is 31.9 Å². The highest BCUT2D eigenvalue weighted by molar-refractivity contribution is 7.13. The van der Waals surface area contributed by atoms with Gasteiger partial charge in [0.2, 0.25) is 11.8 Å². The predicted octanol–water partition coefficient (Wildman–Crippen LogP) is 2.62. The number of alkyl halides is 3. The van der Waals surface area contributed by atoms with Gasteiger partial charge in [-0.15, -0.1) is 11.3 Å². The molecular weight excluding hydrogens is 319 g/mol. The first kappa shape index (κ1) is 16.7. The average molecular weight is 335 g/mol. The highest BCUT2D eigenvalue weighted by Crippen LogP contribution is 2.26. The molecule has 1 aliphatic rings. The van der Waals surface area contributed by atoms with E-state index in [9.17, 15) is 22.8 Å². The summed E-state index contributed by atoms with van der Waals surface area (Å²) in [5.74, 6) is -1.68. The van der Waals surface area contributed by atoms with Crippen LogP contribution in [0.4, 0.5) is 18.3 Å². The molecule has 0 saturated carbocycles. The lowest BCUT2D eigenvalue weighted by molar-refractivity contribution is -0.157. The van der Waals surface area contributed by atoms with Gasteiger partial charge in [0.15, 0.2) is 5.13 Å². The summed E-state index contributed by atoms with van der Waals surface area (Å²) in [6.07, 6.45) is -4.66. The van der Waals surface area contributed by atoms with Gasteiger partial charge in [-0.1, -0.05) is 13.8 Å². The Morgan fingerprint density at radius 2 is 2.23 bits per heavy atom. The van der Waals surface area contributed by atoms with Crippen LogP contribution in [0.2, 0.25) is 0 Å². The molecule has 1 aliphatic heterocycles. The van der Waals surface area contributed by atoms with Crippen molar-refractivity contribution >= 4 is 28.3 Å². The van der Waals surface area contributed by atoms with Crippen molar-refractivity contribution in [2.24, 2.45) is 5.92 Å². The van der Waals surface area contributed by atoms with Gasteiger partial charge >= 0.3 is 6.18 Å². The summed E-state index contributed by atoms with van der Waals surface area (Å²) in [4.78, 5) is 28.5. The molecule has 122 valence electrons. The highest BCUT2D eigenvalue weighted by atomic mass is 32.1. The number of amides is 2. The van der Waals surface area contributed by atoms with Crippen molar-refractivity contribution in [1.29, 1.82) is 0 Å². The summed E-state index contributed by atoms with van der Waals surface area (Å²) >= 11 is 1.26. The normalized spacial score (nSPS) is 19.1. The van der Waals surface area contributed by atoms with E-state index in [-0.39, 0.29) is 18.9 Å². The van der Waals surface area contributed by atoms with Gasteiger partial charge in [0.1, 0.15) is 6.54 Å². The SMILES string of the molecule is CC(C)c1csc(NC(=O)[C@H]2CC(=O)N(CC(F)(F)F)C2)n1. The highest BCUT2D eigenvalue weighted by Gasteiger charge is 2.40. The Balaban J connectivity index is 1.94. The van der Waals surface area contributed by atoms with E-state index in [1.54, 1.807) is 0 Å². The van der Waals surface area contributed by atoms with Crippen molar-refractivity contribution in [1.82, 2.24) is 9.88 Å². The summed E-state index contributed by atoms with van der Waals surface area (Å²) in [5.41, 5.74) is 0.835. The van der Waals surface area contributed by atoms with Gasteiger partial charge in [0.25, 0.3) is 0 Å². The smallest absolute Gasteiger partial charge is 0.333 e. The van der Waals surface area contributed by atoms with E-state index in [4.69, 9.17) is 0 Å². The monoisotopic (exact) mass is 335 g/mol. The molecule has 2 amide bonds. The molecule has 0 aliphatic carbocycles. The lowest BCUT2D eigenvalue weighted by atomic mass is 10.1. The fourth-order valence-electron chi connectivity index (χ4n) is 2.13. The Kier molecular flexibility index (Phi) is 4.74. The molecule has 1 aromatic rings. The molecule has 1 fully saturated rings. The largest absolute Gasteiger partial charge is 0.406 e. The Morgan fingerprint density at radius 1 is 1.55 bits per heavy atom. The molecule has 1 saturated heterocycles. The van der Waals surface area contributed by atoms with Gasteiger partial charge in [-0.3, -0.25) is 9.59 Å². The van der Waals surface area contributed by atoms with Crippen LogP contribution in [0.25, 0.3) is 0 Å². The third-order valence-electron chi connectivity index (χ3n) is 3.30. The molecule has 9 heteroatoms. The van der Waals surface area contributed by atoms with Crippen LogP contribution in [-0.4, -0.2) is 41.0 Å². The predicted molar refractivity (Wildman–Crippen MR) is 75.6 cm³/mol. The third-order valence-corrected chi connectivity index (χ3v) is 4.07. The number of nitrogens with one attached hydrogen (secondary N) is 1. The summed E-state index contributed by atoms with van der Waals surface area (Å²) < 4.78 is 37.0. The maximum absolute atomic E-state index is 12.3. The van der Waals surface area contributed by atoms with Crippen LogP contribution in [-0.2, 0) is 9.59 Å². The second-order valence-electron chi connectivity index (χ2n) is 5.51. The van der Waals surface area contributed by atoms with Crippen molar-refractivity contribution in [3.05, 3.63) is 11.1 Å². The van der Waals surface area contributed by atoms with Gasteiger partial charge < -0.3 is 10.2 Å². The third kappa shape index (κ3) is 4.19. The van der Waals surface area contributed by atoms with E-state index in [1.165, 1.54) is 11.3 Å². The second kappa shape index (κ2) is 6.23. The number of hydrogen-bond acceptors (Lipinski definition) is 4. The van der Waals surface area contributed by atoms with E-state index < -0.39 is 30.5 Å². The molecule has 22 heavy (non-hydrogen) atoms. The van der Waals surface area contributed by atoms with Gasteiger partial charge in [-0.05, 0) is 5.92 Å². The molecule has 5 nitrogen and oxygen atoms in total. The molecule has 1 atom stereocenters. The van der Waals surface area contributed by atoms with E-state index >= 15 is 0 Å². The Bertz CT molecular complexity index is 571. The van der Waals surface area contributed by atoms with E-state index in [0.717, 1.165) is 5.69 Å². The minimum absolute atomic E-state index is 0.204. The van der Waals surface area contributed by atoms with Crippen molar-refractivity contribution < 1.29 is 22.8 Å². The standard InChI is InChI=1S/C13H16F3N3O2S/c1-7(2)9-5-22-12(17-9)18-11(21)8-3-10(20)19(4-8)6-13(14,15)16/h5,7-8H,3-4,6H2,1-2H3,(H,17,18,21)/t8-/m0/s1. The molecule has 2 rings (SSSR count). The van der Waals surface area contributed by atoms with Crippen molar-refractivity contribution in [3.8, 4) is 0 Å². The lowest BCUT2D eigenvalue weighted by Gasteiger charge is -2.18. The molecule has 2 heterocycles. The zero-order valence-electron chi connectivity index (χ0n) is 12.1. The number of halogens is 3. The van der Waals surface area contributed by atoms with Crippen molar-refractivity contribution in [2.45, 2.75) is 32.4 Å². The first-order valence-corrected chi connectivity index (χ1v) is 7.64. The minimum Gasteiger partial charge on any atom is -0.333 e. The number of anilines is 1. The zero-order chi connectivity index (χ0) is 16.5. The number of aromatic nitrogens is 1. The van der Waals surface area contributed by atoms with E-state index in [1.807, 2.05) is 19.2 Å². The Labute approximate surface area is 129 Å². The number of carbonyl (C=O) groups excluding carboxylic acids is 2. The fraction of sp³-hybridized carbons (Fsp3) is 0.615. The summed E-state index contributed by atoms with van der Waals surface area (Å²) in [6.45, 7) is 2.40. The Morgan fingerprint density at radius 3 is 2.77 bits per heavy atom. The number of rotatable bonds is 4. The average Bonchev–Trinajstić information content (AvgIpc) is 2.96. The van der Waals surface area contributed by atoms with Crippen molar-refractivity contribution in [2.75, 3.05) is 18.4 Å². The number of likely N-dealkylation sites (tertiary alicyclic amines) is 1. The van der Waals surface area contributed by atoms with E-state index in [0.29, 0.717) is 10.0 Å². The van der Waals surface area contributed by atoms with Gasteiger partial charge in [0, 0.05) is 18.3 Å². The van der Waals surface area contributed by atoms with Crippen LogP contribution < -0.4 is 5.32 Å². The van der Waals surface area contributed by atoms with Gasteiger partial charge in [-0.25, -0.2) is 4.98 Å². The van der Waals surface area contributed by atoms with Crippen LogP contribution in [0, 0.1) is 5.92 Å². The second-order valence-corrected chi connectivity index (χ2v) is 6.37. The van der Waals surface area contributed by atoms with Crippen LogP contribution in [0.3, 0.4) is 0 Å².